The highest BCUT2D eigenvalue weighted by atomic mass is 79.9. The van der Waals surface area contributed by atoms with Crippen molar-refractivity contribution in [2.45, 2.75) is 5.38 Å². The molecule has 1 atom stereocenters. The van der Waals surface area contributed by atoms with Crippen molar-refractivity contribution in [1.29, 1.82) is 0 Å². The SMILES string of the molecule is O=c1[nH]c2ccc(C(Cl)c3cc(Br)c(Br)s3)cc2[nH]c1=O. The van der Waals surface area contributed by atoms with Crippen molar-refractivity contribution in [1.82, 2.24) is 9.97 Å². The van der Waals surface area contributed by atoms with Crippen molar-refractivity contribution in [3.05, 3.63) is 63.7 Å². The van der Waals surface area contributed by atoms with Gasteiger partial charge in [0.15, 0.2) is 0 Å². The fourth-order valence-corrected chi connectivity index (χ4v) is 4.37. The molecule has 4 nitrogen and oxygen atoms in total. The van der Waals surface area contributed by atoms with E-state index in [0.717, 1.165) is 18.7 Å². The molecule has 1 aromatic carbocycles. The molecule has 2 heterocycles. The van der Waals surface area contributed by atoms with Crippen molar-refractivity contribution >= 4 is 65.8 Å². The van der Waals surface area contributed by atoms with Gasteiger partial charge in [-0.3, -0.25) is 9.59 Å². The number of nitrogens with one attached hydrogen (secondary N) is 2. The number of hydrogen-bond donors (Lipinski definition) is 2. The van der Waals surface area contributed by atoms with Crippen molar-refractivity contribution in [3.8, 4) is 0 Å². The zero-order valence-corrected chi connectivity index (χ0v) is 15.0. The van der Waals surface area contributed by atoms with Crippen molar-refractivity contribution in [2.24, 2.45) is 0 Å². The lowest BCUT2D eigenvalue weighted by Gasteiger charge is -2.08. The predicted molar refractivity (Wildman–Crippen MR) is 92.6 cm³/mol. The van der Waals surface area contributed by atoms with Gasteiger partial charge in [0, 0.05) is 9.35 Å². The van der Waals surface area contributed by atoms with E-state index in [1.165, 1.54) is 11.3 Å². The van der Waals surface area contributed by atoms with Crippen LogP contribution in [0.1, 0.15) is 15.8 Å². The summed E-state index contributed by atoms with van der Waals surface area (Å²) in [6.07, 6.45) is 0. The molecule has 2 aromatic heterocycles. The zero-order valence-electron chi connectivity index (χ0n) is 10.2. The molecule has 0 aliphatic heterocycles. The molecular weight excluding hydrogens is 443 g/mol. The Morgan fingerprint density at radius 2 is 1.71 bits per heavy atom. The molecule has 0 spiro atoms. The van der Waals surface area contributed by atoms with Gasteiger partial charge >= 0.3 is 11.1 Å². The van der Waals surface area contributed by atoms with E-state index in [2.05, 4.69) is 41.8 Å². The fraction of sp³-hybridized carbons (Fsp3) is 0.0769. The lowest BCUT2D eigenvalue weighted by molar-refractivity contribution is 1.13. The standard InChI is InChI=1S/C13H7Br2ClN2O2S/c14-6-4-9(21-11(6)15)10(16)5-1-2-7-8(3-5)18-13(20)12(19)17-7/h1-4,10H,(H,17,19)(H,18,20). The van der Waals surface area contributed by atoms with E-state index in [-0.39, 0.29) is 5.38 Å². The third-order valence-electron chi connectivity index (χ3n) is 2.95. The first-order valence-corrected chi connectivity index (χ1v) is 8.64. The van der Waals surface area contributed by atoms with E-state index >= 15 is 0 Å². The summed E-state index contributed by atoms with van der Waals surface area (Å²) in [5.41, 5.74) is 0.627. The van der Waals surface area contributed by atoms with Gasteiger partial charge in [-0.2, -0.15) is 0 Å². The maximum absolute atomic E-state index is 11.4. The molecule has 3 rings (SSSR count). The van der Waals surface area contributed by atoms with Crippen molar-refractivity contribution < 1.29 is 0 Å². The first-order valence-electron chi connectivity index (χ1n) is 5.81. The van der Waals surface area contributed by atoms with Gasteiger partial charge in [-0.1, -0.05) is 6.07 Å². The molecule has 0 radical (unpaired) electrons. The molecule has 0 aliphatic rings. The highest BCUT2D eigenvalue weighted by molar-refractivity contribution is 9.13. The van der Waals surface area contributed by atoms with Crippen molar-refractivity contribution in [3.63, 3.8) is 0 Å². The van der Waals surface area contributed by atoms with E-state index in [1.807, 2.05) is 12.1 Å². The summed E-state index contributed by atoms with van der Waals surface area (Å²) in [6, 6.07) is 7.28. The molecule has 1 unspecified atom stereocenters. The molecule has 0 saturated heterocycles. The summed E-state index contributed by atoms with van der Waals surface area (Å²) < 4.78 is 1.92. The van der Waals surface area contributed by atoms with E-state index in [9.17, 15) is 9.59 Å². The Bertz CT molecular complexity index is 928. The zero-order chi connectivity index (χ0) is 15.1. The van der Waals surface area contributed by atoms with Crippen molar-refractivity contribution in [2.75, 3.05) is 0 Å². The van der Waals surface area contributed by atoms with Crippen LogP contribution in [0.2, 0.25) is 0 Å². The second-order valence-electron chi connectivity index (χ2n) is 4.35. The number of rotatable bonds is 2. The Hall–Kier alpha value is -0.890. The molecule has 2 N–H and O–H groups in total. The van der Waals surface area contributed by atoms with Crippen LogP contribution < -0.4 is 11.1 Å². The first-order chi connectivity index (χ1) is 9.95. The molecule has 3 aromatic rings. The smallest absolute Gasteiger partial charge is 0.314 e. The number of aromatic nitrogens is 2. The normalized spacial score (nSPS) is 12.7. The summed E-state index contributed by atoms with van der Waals surface area (Å²) in [7, 11) is 0. The van der Waals surface area contributed by atoms with Crippen LogP contribution in [0, 0.1) is 0 Å². The molecule has 0 saturated carbocycles. The summed E-state index contributed by atoms with van der Waals surface area (Å²) in [6.45, 7) is 0. The first kappa shape index (κ1) is 15.0. The second kappa shape index (κ2) is 5.72. The molecule has 8 heteroatoms. The van der Waals surface area contributed by atoms with Crippen LogP contribution in [0.5, 0.6) is 0 Å². The third-order valence-corrected chi connectivity index (χ3v) is 6.89. The van der Waals surface area contributed by atoms with Gasteiger partial charge in [0.2, 0.25) is 0 Å². The fourth-order valence-electron chi connectivity index (χ4n) is 1.94. The van der Waals surface area contributed by atoms with Crippen LogP contribution in [-0.4, -0.2) is 9.97 Å². The average molecular weight is 451 g/mol. The summed E-state index contributed by atoms with van der Waals surface area (Å²) in [5, 5.41) is -0.336. The number of H-pyrrole nitrogens is 2. The second-order valence-corrected chi connectivity index (χ2v) is 8.04. The topological polar surface area (TPSA) is 65.7 Å². The number of halogens is 3. The highest BCUT2D eigenvalue weighted by Gasteiger charge is 2.16. The Balaban J connectivity index is 2.10. The van der Waals surface area contributed by atoms with Gasteiger partial charge in [0.05, 0.1) is 20.2 Å². The van der Waals surface area contributed by atoms with Gasteiger partial charge in [-0.25, -0.2) is 0 Å². The number of aromatic amines is 2. The maximum atomic E-state index is 11.4. The largest absolute Gasteiger partial charge is 0.316 e. The minimum absolute atomic E-state index is 0.336. The summed E-state index contributed by atoms with van der Waals surface area (Å²) >= 11 is 14.9. The van der Waals surface area contributed by atoms with Gasteiger partial charge in [-0.15, -0.1) is 22.9 Å². The predicted octanol–water partition coefficient (Wildman–Crippen LogP) is 4.13. The Labute approximate surface area is 144 Å². The van der Waals surface area contributed by atoms with E-state index in [0.29, 0.717) is 11.0 Å². The minimum Gasteiger partial charge on any atom is -0.316 e. The number of fused-ring (bicyclic) bond motifs is 1. The van der Waals surface area contributed by atoms with Gasteiger partial charge < -0.3 is 9.97 Å². The Morgan fingerprint density at radius 3 is 2.33 bits per heavy atom. The Morgan fingerprint density at radius 1 is 1.05 bits per heavy atom. The van der Waals surface area contributed by atoms with Crippen LogP contribution >= 0.6 is 54.8 Å². The summed E-state index contributed by atoms with van der Waals surface area (Å²) in [5.74, 6) is 0. The van der Waals surface area contributed by atoms with Crippen LogP contribution in [-0.2, 0) is 0 Å². The van der Waals surface area contributed by atoms with E-state index in [4.69, 9.17) is 11.6 Å². The quantitative estimate of drug-likeness (QED) is 0.455. The molecule has 0 aliphatic carbocycles. The van der Waals surface area contributed by atoms with Crippen LogP contribution in [0.25, 0.3) is 11.0 Å². The highest BCUT2D eigenvalue weighted by Crippen LogP contribution is 2.40. The number of benzene rings is 1. The lowest BCUT2D eigenvalue weighted by atomic mass is 10.1. The molecule has 0 fully saturated rings. The number of alkyl halides is 1. The lowest BCUT2D eigenvalue weighted by Crippen LogP contribution is -2.28. The van der Waals surface area contributed by atoms with E-state index < -0.39 is 11.1 Å². The molecule has 21 heavy (non-hydrogen) atoms. The number of hydrogen-bond acceptors (Lipinski definition) is 3. The van der Waals surface area contributed by atoms with Gasteiger partial charge in [-0.05, 0) is 55.6 Å². The van der Waals surface area contributed by atoms with Crippen LogP contribution in [0.4, 0.5) is 0 Å². The monoisotopic (exact) mass is 448 g/mol. The number of thiophene rings is 1. The minimum atomic E-state index is -0.674. The maximum Gasteiger partial charge on any atom is 0.314 e. The summed E-state index contributed by atoms with van der Waals surface area (Å²) in [4.78, 5) is 28.7. The molecule has 0 amide bonds. The van der Waals surface area contributed by atoms with Gasteiger partial charge in [0.25, 0.3) is 0 Å². The Kier molecular flexibility index (Phi) is 4.09. The van der Waals surface area contributed by atoms with Gasteiger partial charge in [0.1, 0.15) is 0 Å². The van der Waals surface area contributed by atoms with Crippen LogP contribution in [0.15, 0.2) is 42.1 Å². The molecule has 0 bridgehead atoms. The van der Waals surface area contributed by atoms with Crippen LogP contribution in [0.3, 0.4) is 0 Å². The van der Waals surface area contributed by atoms with E-state index in [1.54, 1.807) is 12.1 Å². The average Bonchev–Trinajstić information content (AvgIpc) is 2.79. The molecule has 108 valence electrons. The molecular formula is C13H7Br2ClN2O2S. The third kappa shape index (κ3) is 2.88.